The molecule has 0 spiro atoms. The predicted octanol–water partition coefficient (Wildman–Crippen LogP) is 4.38. The topological polar surface area (TPSA) is 41.1 Å². The number of benzene rings is 2. The number of rotatable bonds is 3. The summed E-state index contributed by atoms with van der Waals surface area (Å²) < 4.78 is 13.7. The monoisotopic (exact) mass is 404 g/mol. The molecule has 0 aliphatic carbocycles. The number of nitrogens with one attached hydrogen (secondary N) is 2. The first kappa shape index (κ1) is 15.1. The molecule has 20 heavy (non-hydrogen) atoms. The van der Waals surface area contributed by atoms with Crippen LogP contribution >= 0.6 is 34.2 Å². The Kier molecular flexibility index (Phi) is 4.82. The van der Waals surface area contributed by atoms with Gasteiger partial charge in [-0.25, -0.2) is 4.39 Å². The van der Waals surface area contributed by atoms with Gasteiger partial charge in [-0.3, -0.25) is 4.79 Å². The minimum atomic E-state index is -0.342. The molecule has 0 atom stereocenters. The normalized spacial score (nSPS) is 10.2. The van der Waals surface area contributed by atoms with Gasteiger partial charge in [0.15, 0.2) is 0 Å². The largest absolute Gasteiger partial charge is 0.387 e. The Labute approximate surface area is 134 Å². The Morgan fingerprint density at radius 2 is 1.90 bits per heavy atom. The number of amides is 1. The van der Waals surface area contributed by atoms with Crippen molar-refractivity contribution < 1.29 is 9.18 Å². The van der Waals surface area contributed by atoms with Crippen LogP contribution in [0.4, 0.5) is 15.8 Å². The quantitative estimate of drug-likeness (QED) is 0.746. The molecule has 1 amide bonds. The molecule has 0 saturated heterocycles. The zero-order chi connectivity index (χ0) is 14.7. The zero-order valence-electron chi connectivity index (χ0n) is 10.5. The molecule has 0 fully saturated rings. The Hall–Kier alpha value is -1.34. The lowest BCUT2D eigenvalue weighted by Crippen LogP contribution is -2.14. The minimum Gasteiger partial charge on any atom is -0.387 e. The van der Waals surface area contributed by atoms with Crippen molar-refractivity contribution in [2.24, 2.45) is 0 Å². The van der Waals surface area contributed by atoms with Crippen LogP contribution in [0.25, 0.3) is 0 Å². The summed E-state index contributed by atoms with van der Waals surface area (Å²) in [5.41, 5.74) is 1.66. The molecule has 0 aliphatic heterocycles. The van der Waals surface area contributed by atoms with Crippen LogP contribution in [0.2, 0.25) is 5.02 Å². The van der Waals surface area contributed by atoms with E-state index in [-0.39, 0.29) is 11.7 Å². The molecule has 104 valence electrons. The summed E-state index contributed by atoms with van der Waals surface area (Å²) in [6.45, 7) is 0. The lowest BCUT2D eigenvalue weighted by molar-refractivity contribution is 0.102. The van der Waals surface area contributed by atoms with Crippen LogP contribution in [-0.2, 0) is 0 Å². The van der Waals surface area contributed by atoms with Crippen molar-refractivity contribution >= 4 is 51.5 Å². The average molecular weight is 405 g/mol. The number of anilines is 2. The number of hydrogen-bond acceptors (Lipinski definition) is 2. The number of carbonyl (C=O) groups is 1. The van der Waals surface area contributed by atoms with Gasteiger partial charge in [-0.05, 0) is 59.0 Å². The molecule has 0 saturated carbocycles. The van der Waals surface area contributed by atoms with E-state index in [0.717, 1.165) is 0 Å². The van der Waals surface area contributed by atoms with E-state index >= 15 is 0 Å². The predicted molar refractivity (Wildman–Crippen MR) is 88.1 cm³/mol. The fourth-order valence-electron chi connectivity index (χ4n) is 1.70. The van der Waals surface area contributed by atoms with Gasteiger partial charge in [0, 0.05) is 21.3 Å². The zero-order valence-corrected chi connectivity index (χ0v) is 13.4. The lowest BCUT2D eigenvalue weighted by Gasteiger charge is -2.11. The number of hydrogen-bond donors (Lipinski definition) is 2. The summed E-state index contributed by atoms with van der Waals surface area (Å²) in [5, 5.41) is 6.15. The fourth-order valence-corrected chi connectivity index (χ4v) is 2.49. The van der Waals surface area contributed by atoms with Crippen LogP contribution in [-0.4, -0.2) is 13.0 Å². The molecular formula is C14H11ClFIN2O. The first-order valence-corrected chi connectivity index (χ1v) is 7.20. The summed E-state index contributed by atoms with van der Waals surface area (Å²) in [5.74, 6) is -0.646. The molecular weight excluding hydrogens is 394 g/mol. The van der Waals surface area contributed by atoms with E-state index in [1.54, 1.807) is 25.2 Å². The highest BCUT2D eigenvalue weighted by molar-refractivity contribution is 14.1. The molecule has 0 radical (unpaired) electrons. The van der Waals surface area contributed by atoms with Crippen LogP contribution in [0.15, 0.2) is 36.4 Å². The minimum absolute atomic E-state index is 0.304. The fraction of sp³-hybridized carbons (Fsp3) is 0.0714. The first-order valence-electron chi connectivity index (χ1n) is 5.75. The maximum absolute atomic E-state index is 13.0. The molecule has 0 aromatic heterocycles. The summed E-state index contributed by atoms with van der Waals surface area (Å²) in [6, 6.07) is 9.19. The van der Waals surface area contributed by atoms with Gasteiger partial charge in [0.25, 0.3) is 5.91 Å². The second kappa shape index (κ2) is 6.41. The highest BCUT2D eigenvalue weighted by atomic mass is 127. The van der Waals surface area contributed by atoms with Crippen LogP contribution in [0, 0.1) is 9.39 Å². The van der Waals surface area contributed by atoms with Crippen molar-refractivity contribution in [1.29, 1.82) is 0 Å². The summed E-state index contributed by atoms with van der Waals surface area (Å²) in [7, 11) is 1.72. The van der Waals surface area contributed by atoms with E-state index in [4.69, 9.17) is 11.6 Å². The van der Waals surface area contributed by atoms with Gasteiger partial charge < -0.3 is 10.6 Å². The van der Waals surface area contributed by atoms with Gasteiger partial charge in [-0.1, -0.05) is 11.6 Å². The van der Waals surface area contributed by atoms with E-state index in [2.05, 4.69) is 10.6 Å². The standard InChI is InChI=1S/C14H11ClFIN2O/c1-18-12-4-2-8(15)6-10(12)14(20)19-13-5-3-9(16)7-11(13)17/h2-7,18H,1H3,(H,19,20). The van der Waals surface area contributed by atoms with E-state index < -0.39 is 0 Å². The number of halogens is 3. The molecule has 0 unspecified atom stereocenters. The molecule has 3 nitrogen and oxygen atoms in total. The Balaban J connectivity index is 2.30. The highest BCUT2D eigenvalue weighted by Gasteiger charge is 2.13. The van der Waals surface area contributed by atoms with Gasteiger partial charge in [-0.15, -0.1) is 0 Å². The van der Waals surface area contributed by atoms with Crippen LogP contribution in [0.3, 0.4) is 0 Å². The Morgan fingerprint density at radius 1 is 1.20 bits per heavy atom. The van der Waals surface area contributed by atoms with Crippen molar-refractivity contribution in [2.45, 2.75) is 0 Å². The molecule has 2 aromatic carbocycles. The summed E-state index contributed by atoms with van der Waals surface area (Å²) in [6.07, 6.45) is 0. The summed E-state index contributed by atoms with van der Waals surface area (Å²) in [4.78, 5) is 12.3. The third kappa shape index (κ3) is 3.40. The van der Waals surface area contributed by atoms with Crippen LogP contribution in [0.1, 0.15) is 10.4 Å². The third-order valence-corrected chi connectivity index (χ3v) is 3.80. The molecule has 0 heterocycles. The lowest BCUT2D eigenvalue weighted by atomic mass is 10.1. The van der Waals surface area contributed by atoms with Crippen LogP contribution in [0.5, 0.6) is 0 Å². The van der Waals surface area contributed by atoms with Crippen molar-refractivity contribution in [3.63, 3.8) is 0 Å². The second-order valence-corrected chi connectivity index (χ2v) is 5.62. The first-order chi connectivity index (χ1) is 9.51. The van der Waals surface area contributed by atoms with Crippen molar-refractivity contribution in [3.05, 3.63) is 56.4 Å². The van der Waals surface area contributed by atoms with E-state index in [0.29, 0.717) is 25.5 Å². The van der Waals surface area contributed by atoms with Gasteiger partial charge in [-0.2, -0.15) is 0 Å². The van der Waals surface area contributed by atoms with Gasteiger partial charge in [0.1, 0.15) is 5.82 Å². The summed E-state index contributed by atoms with van der Waals surface area (Å²) >= 11 is 7.88. The third-order valence-electron chi connectivity index (χ3n) is 2.67. The average Bonchev–Trinajstić information content (AvgIpc) is 2.41. The molecule has 0 aliphatic rings. The molecule has 6 heteroatoms. The highest BCUT2D eigenvalue weighted by Crippen LogP contribution is 2.24. The maximum Gasteiger partial charge on any atom is 0.257 e. The maximum atomic E-state index is 13.0. The van der Waals surface area contributed by atoms with Crippen LogP contribution < -0.4 is 10.6 Å². The van der Waals surface area contributed by atoms with Crippen molar-refractivity contribution in [1.82, 2.24) is 0 Å². The molecule has 2 N–H and O–H groups in total. The van der Waals surface area contributed by atoms with E-state index in [1.165, 1.54) is 18.2 Å². The Bertz CT molecular complexity index is 664. The Morgan fingerprint density at radius 3 is 2.55 bits per heavy atom. The van der Waals surface area contributed by atoms with Gasteiger partial charge in [0.05, 0.1) is 11.3 Å². The smallest absolute Gasteiger partial charge is 0.257 e. The van der Waals surface area contributed by atoms with E-state index in [9.17, 15) is 9.18 Å². The molecule has 2 rings (SSSR count). The number of carbonyl (C=O) groups excluding carboxylic acids is 1. The second-order valence-electron chi connectivity index (χ2n) is 4.02. The van der Waals surface area contributed by atoms with Gasteiger partial charge in [0.2, 0.25) is 0 Å². The van der Waals surface area contributed by atoms with Gasteiger partial charge >= 0.3 is 0 Å². The van der Waals surface area contributed by atoms with Crippen molar-refractivity contribution in [2.75, 3.05) is 17.7 Å². The van der Waals surface area contributed by atoms with E-state index in [1.807, 2.05) is 22.6 Å². The van der Waals surface area contributed by atoms with Crippen molar-refractivity contribution in [3.8, 4) is 0 Å². The molecule has 0 bridgehead atoms. The molecule has 2 aromatic rings. The SMILES string of the molecule is CNc1ccc(Cl)cc1C(=O)Nc1ccc(F)cc1I.